The van der Waals surface area contributed by atoms with Crippen molar-refractivity contribution in [2.75, 3.05) is 0 Å². The second kappa shape index (κ2) is 6.03. The first-order chi connectivity index (χ1) is 8.70. The molecule has 0 amide bonds. The molecule has 1 atom stereocenters. The van der Waals surface area contributed by atoms with E-state index in [9.17, 15) is 0 Å². The molecule has 18 heavy (non-hydrogen) atoms. The Morgan fingerprint density at radius 2 is 2.06 bits per heavy atom. The van der Waals surface area contributed by atoms with E-state index in [-0.39, 0.29) is 0 Å². The number of halogens is 1. The lowest BCUT2D eigenvalue weighted by molar-refractivity contribution is 0.508. The predicted octanol–water partition coefficient (Wildman–Crippen LogP) is 3.31. The van der Waals surface area contributed by atoms with Crippen LogP contribution >= 0.6 is 11.6 Å². The number of benzene rings is 1. The van der Waals surface area contributed by atoms with Gasteiger partial charge in [0.05, 0.1) is 12.0 Å². The first kappa shape index (κ1) is 13.1. The number of nitrogens with zero attached hydrogens (tertiary/aromatic N) is 2. The molecule has 2 aromatic rings. The van der Waals surface area contributed by atoms with Crippen LogP contribution < -0.4 is 5.32 Å². The fourth-order valence-electron chi connectivity index (χ4n) is 1.98. The molecule has 0 aliphatic carbocycles. The van der Waals surface area contributed by atoms with Crippen molar-refractivity contribution in [2.24, 2.45) is 7.05 Å². The molecule has 0 aliphatic heterocycles. The van der Waals surface area contributed by atoms with Gasteiger partial charge in [-0.2, -0.15) is 0 Å². The Morgan fingerprint density at radius 3 is 2.61 bits per heavy atom. The van der Waals surface area contributed by atoms with Gasteiger partial charge < -0.3 is 9.88 Å². The van der Waals surface area contributed by atoms with Gasteiger partial charge in [-0.25, -0.2) is 4.98 Å². The molecule has 1 aromatic carbocycles. The fourth-order valence-corrected chi connectivity index (χ4v) is 2.10. The number of nitrogens with one attached hydrogen (secondary N) is 1. The summed E-state index contributed by atoms with van der Waals surface area (Å²) in [6.45, 7) is 2.99. The van der Waals surface area contributed by atoms with Gasteiger partial charge in [0, 0.05) is 30.9 Å². The van der Waals surface area contributed by atoms with Crippen molar-refractivity contribution in [1.82, 2.24) is 14.9 Å². The fraction of sp³-hybridized carbons (Fsp3) is 0.357. The third-order valence-corrected chi connectivity index (χ3v) is 3.38. The van der Waals surface area contributed by atoms with Gasteiger partial charge >= 0.3 is 0 Å². The average Bonchev–Trinajstić information content (AvgIpc) is 2.78. The molecule has 1 aromatic heterocycles. The summed E-state index contributed by atoms with van der Waals surface area (Å²) >= 11 is 5.91. The SMILES string of the molecule is CCC(NCc1cncn1C)c1ccc(Cl)cc1. The minimum absolute atomic E-state index is 0.345. The Labute approximate surface area is 113 Å². The van der Waals surface area contributed by atoms with Crippen molar-refractivity contribution < 1.29 is 0 Å². The summed E-state index contributed by atoms with van der Waals surface area (Å²) in [5.74, 6) is 0. The number of hydrogen-bond donors (Lipinski definition) is 1. The normalized spacial score (nSPS) is 12.6. The van der Waals surface area contributed by atoms with Crippen molar-refractivity contribution in [3.05, 3.63) is 53.1 Å². The van der Waals surface area contributed by atoms with Crippen LogP contribution in [-0.2, 0) is 13.6 Å². The van der Waals surface area contributed by atoms with E-state index in [1.54, 1.807) is 0 Å². The molecule has 0 radical (unpaired) electrons. The highest BCUT2D eigenvalue weighted by atomic mass is 35.5. The van der Waals surface area contributed by atoms with Crippen molar-refractivity contribution in [3.63, 3.8) is 0 Å². The van der Waals surface area contributed by atoms with Crippen LogP contribution in [-0.4, -0.2) is 9.55 Å². The summed E-state index contributed by atoms with van der Waals surface area (Å²) in [6, 6.07) is 8.37. The minimum atomic E-state index is 0.345. The Bertz CT molecular complexity index is 490. The standard InChI is InChI=1S/C14H18ClN3/c1-3-14(11-4-6-12(15)7-5-11)17-9-13-8-16-10-18(13)2/h4-8,10,14,17H,3,9H2,1-2H3. The Morgan fingerprint density at radius 1 is 1.33 bits per heavy atom. The van der Waals surface area contributed by atoms with Crippen LogP contribution in [0.5, 0.6) is 0 Å². The highest BCUT2D eigenvalue weighted by Crippen LogP contribution is 2.19. The molecule has 1 unspecified atom stereocenters. The number of rotatable bonds is 5. The number of hydrogen-bond acceptors (Lipinski definition) is 2. The average molecular weight is 264 g/mol. The van der Waals surface area contributed by atoms with Crippen molar-refractivity contribution in [1.29, 1.82) is 0 Å². The highest BCUT2D eigenvalue weighted by molar-refractivity contribution is 6.30. The lowest BCUT2D eigenvalue weighted by Crippen LogP contribution is -2.21. The van der Waals surface area contributed by atoms with Crippen LogP contribution in [0.25, 0.3) is 0 Å². The molecule has 3 nitrogen and oxygen atoms in total. The summed E-state index contributed by atoms with van der Waals surface area (Å²) in [4.78, 5) is 4.12. The molecule has 4 heteroatoms. The lowest BCUT2D eigenvalue weighted by atomic mass is 10.0. The van der Waals surface area contributed by atoms with E-state index < -0.39 is 0 Å². The summed E-state index contributed by atoms with van der Waals surface area (Å²) < 4.78 is 2.03. The lowest BCUT2D eigenvalue weighted by Gasteiger charge is -2.17. The van der Waals surface area contributed by atoms with Crippen LogP contribution in [0.4, 0.5) is 0 Å². The maximum atomic E-state index is 5.91. The summed E-state index contributed by atoms with van der Waals surface area (Å²) in [6.07, 6.45) is 4.75. The summed E-state index contributed by atoms with van der Waals surface area (Å²) in [5, 5.41) is 4.32. The molecule has 0 saturated carbocycles. The quantitative estimate of drug-likeness (QED) is 0.897. The molecular weight excluding hydrogens is 246 g/mol. The van der Waals surface area contributed by atoms with Crippen LogP contribution in [0.1, 0.15) is 30.6 Å². The first-order valence-electron chi connectivity index (χ1n) is 6.14. The molecule has 0 bridgehead atoms. The van der Waals surface area contributed by atoms with E-state index in [1.165, 1.54) is 11.3 Å². The molecule has 0 aliphatic rings. The van der Waals surface area contributed by atoms with E-state index in [1.807, 2.05) is 36.3 Å². The second-order valence-corrected chi connectivity index (χ2v) is 4.83. The van der Waals surface area contributed by atoms with E-state index in [2.05, 4.69) is 29.4 Å². The number of aromatic nitrogens is 2. The molecule has 0 fully saturated rings. The van der Waals surface area contributed by atoms with Gasteiger partial charge in [0.15, 0.2) is 0 Å². The molecule has 0 spiro atoms. The smallest absolute Gasteiger partial charge is 0.0945 e. The Hall–Kier alpha value is -1.32. The van der Waals surface area contributed by atoms with Crippen LogP contribution in [0.3, 0.4) is 0 Å². The number of imidazole rings is 1. The largest absolute Gasteiger partial charge is 0.337 e. The molecule has 96 valence electrons. The van der Waals surface area contributed by atoms with E-state index in [0.717, 1.165) is 18.0 Å². The Balaban J connectivity index is 2.01. The predicted molar refractivity (Wildman–Crippen MR) is 74.5 cm³/mol. The van der Waals surface area contributed by atoms with Crippen LogP contribution in [0.15, 0.2) is 36.8 Å². The van der Waals surface area contributed by atoms with Gasteiger partial charge in [-0.1, -0.05) is 30.7 Å². The molecule has 0 saturated heterocycles. The maximum absolute atomic E-state index is 5.91. The first-order valence-corrected chi connectivity index (χ1v) is 6.52. The van der Waals surface area contributed by atoms with Gasteiger partial charge in [0.25, 0.3) is 0 Å². The summed E-state index contributed by atoms with van der Waals surface area (Å²) in [5.41, 5.74) is 2.45. The minimum Gasteiger partial charge on any atom is -0.337 e. The van der Waals surface area contributed by atoms with E-state index in [4.69, 9.17) is 11.6 Å². The van der Waals surface area contributed by atoms with E-state index in [0.29, 0.717) is 6.04 Å². The zero-order valence-corrected chi connectivity index (χ0v) is 11.5. The van der Waals surface area contributed by atoms with Crippen molar-refractivity contribution in [3.8, 4) is 0 Å². The van der Waals surface area contributed by atoms with Crippen LogP contribution in [0, 0.1) is 0 Å². The molecule has 2 rings (SSSR count). The molecular formula is C14H18ClN3. The van der Waals surface area contributed by atoms with Gasteiger partial charge in [-0.15, -0.1) is 0 Å². The molecule has 1 N–H and O–H groups in total. The third-order valence-electron chi connectivity index (χ3n) is 3.13. The Kier molecular flexibility index (Phi) is 4.39. The highest BCUT2D eigenvalue weighted by Gasteiger charge is 2.09. The van der Waals surface area contributed by atoms with Gasteiger partial charge in [0.2, 0.25) is 0 Å². The number of aryl methyl sites for hydroxylation is 1. The monoisotopic (exact) mass is 263 g/mol. The van der Waals surface area contributed by atoms with Gasteiger partial charge in [-0.3, -0.25) is 0 Å². The summed E-state index contributed by atoms with van der Waals surface area (Å²) in [7, 11) is 2.01. The van der Waals surface area contributed by atoms with Crippen molar-refractivity contribution >= 4 is 11.6 Å². The zero-order chi connectivity index (χ0) is 13.0. The third kappa shape index (κ3) is 3.12. The van der Waals surface area contributed by atoms with Crippen molar-refractivity contribution in [2.45, 2.75) is 25.9 Å². The zero-order valence-electron chi connectivity index (χ0n) is 10.7. The van der Waals surface area contributed by atoms with Gasteiger partial charge in [-0.05, 0) is 24.1 Å². The molecule has 1 heterocycles. The topological polar surface area (TPSA) is 29.9 Å². The maximum Gasteiger partial charge on any atom is 0.0945 e. The van der Waals surface area contributed by atoms with E-state index >= 15 is 0 Å². The van der Waals surface area contributed by atoms with Gasteiger partial charge in [0.1, 0.15) is 0 Å². The second-order valence-electron chi connectivity index (χ2n) is 4.39. The van der Waals surface area contributed by atoms with Crippen LogP contribution in [0.2, 0.25) is 5.02 Å².